The van der Waals surface area contributed by atoms with Crippen LogP contribution in [0.2, 0.25) is 0 Å². The van der Waals surface area contributed by atoms with Crippen LogP contribution in [0.3, 0.4) is 0 Å². The first-order valence-corrected chi connectivity index (χ1v) is 4.61. The number of hydrogen-bond acceptors (Lipinski definition) is 2. The number of hydrogen-bond donors (Lipinski definition) is 1. The van der Waals surface area contributed by atoms with Gasteiger partial charge in [-0.2, -0.15) is 5.10 Å². The van der Waals surface area contributed by atoms with Crippen molar-refractivity contribution in [1.82, 2.24) is 15.1 Å². The summed E-state index contributed by atoms with van der Waals surface area (Å²) in [5, 5.41) is 7.84. The lowest BCUT2D eigenvalue weighted by molar-refractivity contribution is 0.297. The van der Waals surface area contributed by atoms with Gasteiger partial charge in [0.1, 0.15) is 6.17 Å². The summed E-state index contributed by atoms with van der Waals surface area (Å²) in [6.45, 7) is 3.16. The molecule has 0 amide bonds. The van der Waals surface area contributed by atoms with Gasteiger partial charge in [0.05, 0.1) is 5.69 Å². The van der Waals surface area contributed by atoms with Gasteiger partial charge in [-0.25, -0.2) is 0 Å². The first-order chi connectivity index (χ1) is 5.86. The van der Waals surface area contributed by atoms with Crippen LogP contribution >= 0.6 is 0 Å². The van der Waals surface area contributed by atoms with E-state index in [0.717, 1.165) is 12.2 Å². The van der Waals surface area contributed by atoms with E-state index < -0.39 is 0 Å². The fourth-order valence-electron chi connectivity index (χ4n) is 1.67. The Labute approximate surface area is 72.8 Å². The lowest BCUT2D eigenvalue weighted by Crippen LogP contribution is -2.31. The Balaban J connectivity index is 2.08. The molecule has 12 heavy (non-hydrogen) atoms. The fraction of sp³-hybridized carbons (Fsp3) is 0.667. The third-order valence-electron chi connectivity index (χ3n) is 2.35. The van der Waals surface area contributed by atoms with Gasteiger partial charge >= 0.3 is 0 Å². The summed E-state index contributed by atoms with van der Waals surface area (Å²) in [7, 11) is 0. The van der Waals surface area contributed by atoms with E-state index in [9.17, 15) is 0 Å². The van der Waals surface area contributed by atoms with Gasteiger partial charge in [0.25, 0.3) is 0 Å². The van der Waals surface area contributed by atoms with E-state index in [1.54, 1.807) is 0 Å². The van der Waals surface area contributed by atoms with Crippen molar-refractivity contribution in [2.24, 2.45) is 0 Å². The van der Waals surface area contributed by atoms with Crippen molar-refractivity contribution in [2.75, 3.05) is 6.54 Å². The third kappa shape index (κ3) is 1.50. The molecule has 0 spiro atoms. The molecule has 1 N–H and O–H groups in total. The lowest BCUT2D eigenvalue weighted by atomic mass is 10.1. The molecule has 2 rings (SSSR count). The highest BCUT2D eigenvalue weighted by atomic mass is 15.4. The average Bonchev–Trinajstić information content (AvgIpc) is 2.54. The maximum atomic E-state index is 4.39. The van der Waals surface area contributed by atoms with E-state index in [-0.39, 0.29) is 0 Å². The quantitative estimate of drug-likeness (QED) is 0.682. The molecule has 0 radical (unpaired) electrons. The van der Waals surface area contributed by atoms with Crippen molar-refractivity contribution in [3.8, 4) is 0 Å². The molecule has 66 valence electrons. The van der Waals surface area contributed by atoms with Crippen molar-refractivity contribution in [2.45, 2.75) is 32.4 Å². The summed E-state index contributed by atoms with van der Waals surface area (Å²) in [6, 6.07) is 2.05. The summed E-state index contributed by atoms with van der Waals surface area (Å²) in [4.78, 5) is 0. The highest BCUT2D eigenvalue weighted by molar-refractivity contribution is 4.96. The second kappa shape index (κ2) is 3.27. The molecule has 1 fully saturated rings. The van der Waals surface area contributed by atoms with Crippen molar-refractivity contribution < 1.29 is 0 Å². The first-order valence-electron chi connectivity index (χ1n) is 4.61. The standard InChI is InChI=1S/C9H15N3/c1-8-5-7-12(11-8)9-4-2-3-6-10-9/h5,7,9-10H,2-4,6H2,1H3/t9-/m0/s1. The van der Waals surface area contributed by atoms with Crippen LogP contribution in [-0.4, -0.2) is 16.3 Å². The molecule has 1 aromatic rings. The number of nitrogens with one attached hydrogen (secondary N) is 1. The average molecular weight is 165 g/mol. The summed E-state index contributed by atoms with van der Waals surface area (Å²) >= 11 is 0. The molecule has 3 heteroatoms. The zero-order valence-electron chi connectivity index (χ0n) is 7.45. The molecule has 2 heterocycles. The van der Waals surface area contributed by atoms with Crippen LogP contribution in [0, 0.1) is 6.92 Å². The summed E-state index contributed by atoms with van der Waals surface area (Å²) < 4.78 is 2.04. The Bertz CT molecular complexity index is 248. The number of nitrogens with zero attached hydrogens (tertiary/aromatic N) is 2. The van der Waals surface area contributed by atoms with Gasteiger partial charge in [0, 0.05) is 6.20 Å². The van der Waals surface area contributed by atoms with E-state index in [0.29, 0.717) is 6.17 Å². The Hall–Kier alpha value is -0.830. The fourth-order valence-corrected chi connectivity index (χ4v) is 1.67. The van der Waals surface area contributed by atoms with E-state index >= 15 is 0 Å². The maximum Gasteiger partial charge on any atom is 0.101 e. The highest BCUT2D eigenvalue weighted by Gasteiger charge is 2.13. The minimum absolute atomic E-state index is 0.437. The Morgan fingerprint density at radius 2 is 2.50 bits per heavy atom. The van der Waals surface area contributed by atoms with Crippen LogP contribution in [-0.2, 0) is 0 Å². The molecule has 0 unspecified atom stereocenters. The Morgan fingerprint density at radius 1 is 1.58 bits per heavy atom. The topological polar surface area (TPSA) is 29.9 Å². The van der Waals surface area contributed by atoms with Gasteiger partial charge in [-0.1, -0.05) is 0 Å². The maximum absolute atomic E-state index is 4.39. The van der Waals surface area contributed by atoms with Gasteiger partial charge in [-0.15, -0.1) is 0 Å². The molecule has 1 saturated heterocycles. The van der Waals surface area contributed by atoms with E-state index in [2.05, 4.69) is 22.7 Å². The molecule has 1 aromatic heterocycles. The lowest BCUT2D eigenvalue weighted by Gasteiger charge is -2.23. The molecule has 1 aliphatic rings. The van der Waals surface area contributed by atoms with Crippen molar-refractivity contribution in [3.63, 3.8) is 0 Å². The zero-order valence-corrected chi connectivity index (χ0v) is 7.45. The number of aryl methyl sites for hydroxylation is 1. The largest absolute Gasteiger partial charge is 0.296 e. The van der Waals surface area contributed by atoms with Crippen LogP contribution in [0.15, 0.2) is 12.3 Å². The van der Waals surface area contributed by atoms with E-state index in [4.69, 9.17) is 0 Å². The predicted molar refractivity (Wildman–Crippen MR) is 47.9 cm³/mol. The Morgan fingerprint density at radius 3 is 3.08 bits per heavy atom. The van der Waals surface area contributed by atoms with E-state index in [1.165, 1.54) is 19.3 Å². The molecule has 3 nitrogen and oxygen atoms in total. The van der Waals surface area contributed by atoms with Crippen molar-refractivity contribution in [3.05, 3.63) is 18.0 Å². The van der Waals surface area contributed by atoms with Crippen LogP contribution in [0.4, 0.5) is 0 Å². The highest BCUT2D eigenvalue weighted by Crippen LogP contribution is 2.15. The van der Waals surface area contributed by atoms with Crippen LogP contribution in [0.1, 0.15) is 31.1 Å². The van der Waals surface area contributed by atoms with Crippen LogP contribution in [0.5, 0.6) is 0 Å². The molecule has 1 aliphatic heterocycles. The van der Waals surface area contributed by atoms with Gasteiger partial charge in [0.2, 0.25) is 0 Å². The van der Waals surface area contributed by atoms with E-state index in [1.807, 2.05) is 11.6 Å². The van der Waals surface area contributed by atoms with Gasteiger partial charge in [0.15, 0.2) is 0 Å². The van der Waals surface area contributed by atoms with Crippen molar-refractivity contribution >= 4 is 0 Å². The smallest absolute Gasteiger partial charge is 0.101 e. The normalized spacial score (nSPS) is 24.2. The van der Waals surface area contributed by atoms with Gasteiger partial charge in [-0.3, -0.25) is 10.00 Å². The van der Waals surface area contributed by atoms with Crippen LogP contribution < -0.4 is 5.32 Å². The second-order valence-corrected chi connectivity index (χ2v) is 3.40. The molecular formula is C9H15N3. The summed E-state index contributed by atoms with van der Waals surface area (Å²) in [6.07, 6.45) is 6.32. The predicted octanol–water partition coefficient (Wildman–Crippen LogP) is 1.46. The summed E-state index contributed by atoms with van der Waals surface area (Å²) in [5.74, 6) is 0. The first kappa shape index (κ1) is 7.80. The number of aromatic nitrogens is 2. The Kier molecular flexibility index (Phi) is 2.13. The zero-order chi connectivity index (χ0) is 8.39. The van der Waals surface area contributed by atoms with Gasteiger partial charge in [-0.05, 0) is 38.8 Å². The minimum atomic E-state index is 0.437. The molecule has 1 atom stereocenters. The molecule has 0 bridgehead atoms. The number of rotatable bonds is 1. The molecular weight excluding hydrogens is 150 g/mol. The summed E-state index contributed by atoms with van der Waals surface area (Å²) in [5.41, 5.74) is 1.10. The molecule has 0 aliphatic carbocycles. The number of piperidine rings is 1. The molecule has 0 saturated carbocycles. The monoisotopic (exact) mass is 165 g/mol. The second-order valence-electron chi connectivity index (χ2n) is 3.40. The SMILES string of the molecule is Cc1ccn([C@H]2CCCCN2)n1. The third-order valence-corrected chi connectivity index (χ3v) is 2.35. The van der Waals surface area contributed by atoms with Crippen molar-refractivity contribution in [1.29, 1.82) is 0 Å². The van der Waals surface area contributed by atoms with Gasteiger partial charge < -0.3 is 0 Å². The minimum Gasteiger partial charge on any atom is -0.296 e. The molecule has 0 aromatic carbocycles. The van der Waals surface area contributed by atoms with Crippen LogP contribution in [0.25, 0.3) is 0 Å².